The monoisotopic (exact) mass is 364 g/mol. The van der Waals surface area contributed by atoms with E-state index in [1.165, 1.54) is 0 Å². The van der Waals surface area contributed by atoms with Gasteiger partial charge in [0.1, 0.15) is 11.6 Å². The number of urea groups is 1. The second kappa shape index (κ2) is 7.63. The number of rotatable bonds is 6. The normalized spacial score (nSPS) is 12.6. The van der Waals surface area contributed by atoms with Crippen LogP contribution < -0.4 is 10.6 Å². The maximum Gasteiger partial charge on any atom is 0.338 e. The van der Waals surface area contributed by atoms with Gasteiger partial charge in [-0.15, -0.1) is 10.2 Å². The summed E-state index contributed by atoms with van der Waals surface area (Å²) in [7, 11) is 0. The number of cyclic esters (lactones) is 1. The van der Waals surface area contributed by atoms with Crippen molar-refractivity contribution >= 4 is 40.8 Å². The van der Waals surface area contributed by atoms with Crippen LogP contribution in [0.2, 0.25) is 0 Å². The van der Waals surface area contributed by atoms with E-state index in [0.29, 0.717) is 24.4 Å². The molecule has 126 valence electrons. The summed E-state index contributed by atoms with van der Waals surface area (Å²) in [5.41, 5.74) is 1.93. The number of ether oxygens (including phenoxy) is 1. The van der Waals surface area contributed by atoms with Crippen LogP contribution in [0.3, 0.4) is 0 Å². The molecule has 0 unspecified atom stereocenters. The minimum atomic E-state index is -0.349. The summed E-state index contributed by atoms with van der Waals surface area (Å²) in [6.45, 7) is 2.78. The Bertz CT molecular complexity index is 763. The molecular weight excluding hydrogens is 348 g/mol. The summed E-state index contributed by atoms with van der Waals surface area (Å²) in [6.07, 6.45) is 0.827. The number of nitrogens with one attached hydrogen (secondary N) is 2. The largest absolute Gasteiger partial charge is 0.457 e. The molecule has 0 fully saturated rings. The molecule has 0 spiro atoms. The van der Waals surface area contributed by atoms with Crippen LogP contribution in [0.5, 0.6) is 0 Å². The molecule has 1 aromatic carbocycles. The highest BCUT2D eigenvalue weighted by molar-refractivity contribution is 8.01. The van der Waals surface area contributed by atoms with Crippen molar-refractivity contribution in [2.45, 2.75) is 24.3 Å². The molecule has 1 aromatic heterocycles. The van der Waals surface area contributed by atoms with Crippen molar-refractivity contribution in [1.29, 1.82) is 0 Å². The maximum atomic E-state index is 11.9. The summed E-state index contributed by atoms with van der Waals surface area (Å²) < 4.78 is 5.88. The van der Waals surface area contributed by atoms with Gasteiger partial charge in [-0.3, -0.25) is 0 Å². The number of esters is 1. The van der Waals surface area contributed by atoms with E-state index in [4.69, 9.17) is 4.74 Å². The predicted octanol–water partition coefficient (Wildman–Crippen LogP) is 2.82. The van der Waals surface area contributed by atoms with Crippen LogP contribution in [0, 0.1) is 6.92 Å². The Hall–Kier alpha value is -2.13. The van der Waals surface area contributed by atoms with Gasteiger partial charge in [0.15, 0.2) is 4.34 Å². The Balaban J connectivity index is 1.38. The summed E-state index contributed by atoms with van der Waals surface area (Å²) in [5, 5.41) is 14.4. The number of aromatic nitrogens is 2. The molecule has 0 bridgehead atoms. The van der Waals surface area contributed by atoms with E-state index in [0.717, 1.165) is 27.1 Å². The molecule has 2 amide bonds. The van der Waals surface area contributed by atoms with Gasteiger partial charge in [0.25, 0.3) is 0 Å². The second-order valence-electron chi connectivity index (χ2n) is 5.12. The first-order chi connectivity index (χ1) is 11.6. The lowest BCUT2D eigenvalue weighted by atomic mass is 10.1. The van der Waals surface area contributed by atoms with Crippen molar-refractivity contribution < 1.29 is 14.3 Å². The van der Waals surface area contributed by atoms with Gasteiger partial charge in [-0.05, 0) is 25.5 Å². The van der Waals surface area contributed by atoms with Crippen LogP contribution in [0.1, 0.15) is 27.3 Å². The van der Waals surface area contributed by atoms with Gasteiger partial charge >= 0.3 is 12.0 Å². The number of amides is 2. The highest BCUT2D eigenvalue weighted by Gasteiger charge is 2.21. The van der Waals surface area contributed by atoms with Crippen molar-refractivity contribution in [3.63, 3.8) is 0 Å². The third-order valence-electron chi connectivity index (χ3n) is 3.29. The molecule has 0 saturated heterocycles. The highest BCUT2D eigenvalue weighted by Crippen LogP contribution is 2.23. The number of fused-ring (bicyclic) bond motifs is 1. The molecule has 1 aliphatic rings. The van der Waals surface area contributed by atoms with E-state index in [2.05, 4.69) is 20.8 Å². The van der Waals surface area contributed by atoms with E-state index >= 15 is 0 Å². The third-order valence-corrected chi connectivity index (χ3v) is 5.34. The number of anilines is 1. The van der Waals surface area contributed by atoms with Crippen LogP contribution in [-0.4, -0.2) is 34.5 Å². The smallest absolute Gasteiger partial charge is 0.338 e. The zero-order chi connectivity index (χ0) is 16.9. The van der Waals surface area contributed by atoms with Crippen molar-refractivity contribution in [2.24, 2.45) is 0 Å². The lowest BCUT2D eigenvalue weighted by Gasteiger charge is -2.08. The topological polar surface area (TPSA) is 93.2 Å². The lowest BCUT2D eigenvalue weighted by Crippen LogP contribution is -2.29. The molecule has 0 atom stereocenters. The minimum Gasteiger partial charge on any atom is -0.457 e. The Kier molecular flexibility index (Phi) is 5.31. The van der Waals surface area contributed by atoms with Crippen molar-refractivity contribution in [1.82, 2.24) is 15.5 Å². The Morgan fingerprint density at radius 2 is 2.29 bits per heavy atom. The quantitative estimate of drug-likeness (QED) is 0.465. The Morgan fingerprint density at radius 1 is 1.42 bits per heavy atom. The van der Waals surface area contributed by atoms with Crippen LogP contribution in [-0.2, 0) is 11.3 Å². The third kappa shape index (κ3) is 4.24. The standard InChI is InChI=1S/C15H16N4O3S2/c1-9-18-19-15(24-9)23-6-2-5-16-14(21)17-11-4-3-10-8-22-13(20)12(10)7-11/h3-4,7H,2,5-6,8H2,1H3,(H2,16,17,21). The zero-order valence-corrected chi connectivity index (χ0v) is 14.6. The fourth-order valence-corrected chi connectivity index (χ4v) is 3.96. The molecular formula is C15H16N4O3S2. The molecule has 2 aromatic rings. The number of aryl methyl sites for hydroxylation is 1. The lowest BCUT2D eigenvalue weighted by molar-refractivity contribution is 0.0535. The number of carbonyl (C=O) groups is 2. The average Bonchev–Trinajstić information content (AvgIpc) is 3.13. The molecule has 2 N–H and O–H groups in total. The second-order valence-corrected chi connectivity index (χ2v) is 7.64. The van der Waals surface area contributed by atoms with Gasteiger partial charge in [-0.25, -0.2) is 9.59 Å². The van der Waals surface area contributed by atoms with Gasteiger partial charge in [0, 0.05) is 23.5 Å². The van der Waals surface area contributed by atoms with Crippen molar-refractivity contribution in [3.8, 4) is 0 Å². The van der Waals surface area contributed by atoms with E-state index in [1.54, 1.807) is 41.3 Å². The van der Waals surface area contributed by atoms with E-state index in [-0.39, 0.29) is 12.0 Å². The minimum absolute atomic E-state index is 0.293. The van der Waals surface area contributed by atoms with Gasteiger partial charge in [-0.1, -0.05) is 29.2 Å². The molecule has 2 heterocycles. The molecule has 1 aliphatic heterocycles. The fourth-order valence-electron chi connectivity index (χ4n) is 2.14. The number of benzene rings is 1. The zero-order valence-electron chi connectivity index (χ0n) is 13.0. The van der Waals surface area contributed by atoms with Crippen LogP contribution >= 0.6 is 23.1 Å². The van der Waals surface area contributed by atoms with Crippen LogP contribution in [0.25, 0.3) is 0 Å². The van der Waals surface area contributed by atoms with Gasteiger partial charge < -0.3 is 15.4 Å². The number of thioether (sulfide) groups is 1. The van der Waals surface area contributed by atoms with Gasteiger partial charge in [-0.2, -0.15) is 0 Å². The van der Waals surface area contributed by atoms with E-state index < -0.39 is 0 Å². The summed E-state index contributed by atoms with van der Waals surface area (Å²) in [5.74, 6) is 0.512. The number of nitrogens with zero attached hydrogens (tertiary/aromatic N) is 2. The number of hydrogen-bond acceptors (Lipinski definition) is 7. The predicted molar refractivity (Wildman–Crippen MR) is 92.6 cm³/mol. The molecule has 9 heteroatoms. The molecule has 0 saturated carbocycles. The SMILES string of the molecule is Cc1nnc(SCCCNC(=O)Nc2ccc3c(c2)C(=O)OC3)s1. The summed E-state index contributed by atoms with van der Waals surface area (Å²) >= 11 is 3.20. The van der Waals surface area contributed by atoms with Crippen LogP contribution in [0.4, 0.5) is 10.5 Å². The van der Waals surface area contributed by atoms with Gasteiger partial charge in [0.05, 0.1) is 5.56 Å². The highest BCUT2D eigenvalue weighted by atomic mass is 32.2. The molecule has 24 heavy (non-hydrogen) atoms. The fraction of sp³-hybridized carbons (Fsp3) is 0.333. The number of carbonyl (C=O) groups excluding carboxylic acids is 2. The first-order valence-corrected chi connectivity index (χ1v) is 9.20. The maximum absolute atomic E-state index is 11.9. The first-order valence-electron chi connectivity index (χ1n) is 7.39. The van der Waals surface area contributed by atoms with Crippen molar-refractivity contribution in [2.75, 3.05) is 17.6 Å². The first kappa shape index (κ1) is 16.7. The molecule has 7 nitrogen and oxygen atoms in total. The van der Waals surface area contributed by atoms with Gasteiger partial charge in [0.2, 0.25) is 0 Å². The van der Waals surface area contributed by atoms with Crippen molar-refractivity contribution in [3.05, 3.63) is 34.3 Å². The Labute approximate surface area is 147 Å². The molecule has 3 rings (SSSR count). The Morgan fingerprint density at radius 3 is 3.08 bits per heavy atom. The molecule has 0 aliphatic carbocycles. The average molecular weight is 364 g/mol. The van der Waals surface area contributed by atoms with E-state index in [9.17, 15) is 9.59 Å². The molecule has 0 radical (unpaired) electrons. The summed E-state index contributed by atoms with van der Waals surface area (Å²) in [6, 6.07) is 4.89. The van der Waals surface area contributed by atoms with E-state index in [1.807, 2.05) is 6.92 Å². The van der Waals surface area contributed by atoms with Crippen LogP contribution in [0.15, 0.2) is 22.5 Å². The number of hydrogen-bond donors (Lipinski definition) is 2. The summed E-state index contributed by atoms with van der Waals surface area (Å²) in [4.78, 5) is 23.4.